The highest BCUT2D eigenvalue weighted by atomic mass is 32.2. The maximum Gasteiger partial charge on any atom is 0.158 e. The summed E-state index contributed by atoms with van der Waals surface area (Å²) in [5.74, 6) is 0.181. The second-order valence-electron chi connectivity index (χ2n) is 3.84. The average molecular weight is 207 g/mol. The van der Waals surface area contributed by atoms with Crippen LogP contribution in [-0.2, 0) is 9.84 Å². The van der Waals surface area contributed by atoms with Crippen molar-refractivity contribution in [2.45, 2.75) is 37.0 Å². The van der Waals surface area contributed by atoms with Crippen molar-refractivity contribution in [3.05, 3.63) is 0 Å². The fourth-order valence-corrected chi connectivity index (χ4v) is 3.80. The standard InChI is InChI=1S/C8H17NO3S/c1-8(7(10)6-9)4-2-3-5-13(8,11)12/h7,10H,2-6,9H2,1H3. The molecular weight excluding hydrogens is 190 g/mol. The molecule has 2 atom stereocenters. The maximum absolute atomic E-state index is 11.7. The third kappa shape index (κ3) is 1.73. The van der Waals surface area contributed by atoms with Crippen LogP contribution < -0.4 is 5.73 Å². The highest BCUT2D eigenvalue weighted by Gasteiger charge is 2.46. The molecule has 0 aromatic rings. The number of hydrogen-bond donors (Lipinski definition) is 2. The molecule has 1 fully saturated rings. The Morgan fingerprint density at radius 3 is 2.62 bits per heavy atom. The van der Waals surface area contributed by atoms with E-state index < -0.39 is 20.7 Å². The van der Waals surface area contributed by atoms with Crippen molar-refractivity contribution in [1.29, 1.82) is 0 Å². The van der Waals surface area contributed by atoms with Crippen molar-refractivity contribution >= 4 is 9.84 Å². The molecule has 5 heteroatoms. The molecule has 0 amide bonds. The topological polar surface area (TPSA) is 80.4 Å². The summed E-state index contributed by atoms with van der Waals surface area (Å²) in [7, 11) is -3.16. The number of nitrogens with two attached hydrogens (primary N) is 1. The van der Waals surface area contributed by atoms with Gasteiger partial charge in [0.05, 0.1) is 16.6 Å². The van der Waals surface area contributed by atoms with Gasteiger partial charge in [-0.05, 0) is 19.8 Å². The summed E-state index contributed by atoms with van der Waals surface area (Å²) in [5, 5.41) is 9.57. The first kappa shape index (κ1) is 10.9. The summed E-state index contributed by atoms with van der Waals surface area (Å²) in [6.07, 6.45) is 1.15. The Bertz CT molecular complexity index is 275. The summed E-state index contributed by atoms with van der Waals surface area (Å²) in [5.41, 5.74) is 5.29. The Kier molecular flexibility index (Phi) is 2.99. The van der Waals surface area contributed by atoms with Crippen LogP contribution in [0.2, 0.25) is 0 Å². The zero-order chi connectivity index (χ0) is 10.1. The van der Waals surface area contributed by atoms with Crippen molar-refractivity contribution in [2.24, 2.45) is 5.73 Å². The molecule has 2 unspecified atom stereocenters. The van der Waals surface area contributed by atoms with E-state index in [1.54, 1.807) is 6.92 Å². The van der Waals surface area contributed by atoms with Gasteiger partial charge in [0, 0.05) is 6.54 Å². The van der Waals surface area contributed by atoms with Crippen LogP contribution in [0.1, 0.15) is 26.2 Å². The molecule has 1 heterocycles. The zero-order valence-corrected chi connectivity index (χ0v) is 8.68. The second-order valence-corrected chi connectivity index (χ2v) is 6.41. The monoisotopic (exact) mass is 207 g/mol. The van der Waals surface area contributed by atoms with Crippen molar-refractivity contribution in [2.75, 3.05) is 12.3 Å². The molecular formula is C8H17NO3S. The first-order valence-corrected chi connectivity index (χ1v) is 6.20. The Labute approximate surface area is 79.0 Å². The largest absolute Gasteiger partial charge is 0.390 e. The Morgan fingerprint density at radius 2 is 2.15 bits per heavy atom. The van der Waals surface area contributed by atoms with Crippen molar-refractivity contribution in [3.63, 3.8) is 0 Å². The lowest BCUT2D eigenvalue weighted by atomic mass is 9.96. The SMILES string of the molecule is CC1(C(O)CN)CCCCS1(=O)=O. The van der Waals surface area contributed by atoms with Crippen LogP contribution in [0, 0.1) is 0 Å². The van der Waals surface area contributed by atoms with Gasteiger partial charge in [0.1, 0.15) is 0 Å². The predicted molar refractivity (Wildman–Crippen MR) is 51.1 cm³/mol. The molecule has 13 heavy (non-hydrogen) atoms. The van der Waals surface area contributed by atoms with E-state index in [4.69, 9.17) is 5.73 Å². The number of rotatable bonds is 2. The molecule has 1 aliphatic rings. The highest BCUT2D eigenvalue weighted by Crippen LogP contribution is 2.33. The molecule has 0 aromatic heterocycles. The molecule has 4 nitrogen and oxygen atoms in total. The predicted octanol–water partition coefficient (Wildman–Crippen LogP) is -0.337. The fraction of sp³-hybridized carbons (Fsp3) is 1.00. The third-order valence-corrected chi connectivity index (χ3v) is 5.70. The normalized spacial score (nSPS) is 35.6. The van der Waals surface area contributed by atoms with Gasteiger partial charge in [0.25, 0.3) is 0 Å². The Morgan fingerprint density at radius 1 is 1.54 bits per heavy atom. The van der Waals surface area contributed by atoms with E-state index in [1.165, 1.54) is 0 Å². The van der Waals surface area contributed by atoms with Crippen LogP contribution in [0.25, 0.3) is 0 Å². The van der Waals surface area contributed by atoms with Crippen LogP contribution >= 0.6 is 0 Å². The summed E-state index contributed by atoms with van der Waals surface area (Å²) >= 11 is 0. The van der Waals surface area contributed by atoms with Crippen LogP contribution in [-0.4, -0.2) is 36.7 Å². The zero-order valence-electron chi connectivity index (χ0n) is 7.86. The van der Waals surface area contributed by atoms with E-state index in [-0.39, 0.29) is 12.3 Å². The molecule has 0 saturated carbocycles. The van der Waals surface area contributed by atoms with Crippen LogP contribution in [0.15, 0.2) is 0 Å². The minimum Gasteiger partial charge on any atom is -0.390 e. The van der Waals surface area contributed by atoms with E-state index >= 15 is 0 Å². The summed E-state index contributed by atoms with van der Waals surface area (Å²) in [6.45, 7) is 1.61. The van der Waals surface area contributed by atoms with Gasteiger partial charge in [-0.1, -0.05) is 6.42 Å². The van der Waals surface area contributed by atoms with Gasteiger partial charge in [-0.3, -0.25) is 0 Å². The quantitative estimate of drug-likeness (QED) is 0.649. The molecule has 3 N–H and O–H groups in total. The lowest BCUT2D eigenvalue weighted by Crippen LogP contribution is -2.52. The smallest absolute Gasteiger partial charge is 0.158 e. The third-order valence-electron chi connectivity index (χ3n) is 2.97. The highest BCUT2D eigenvalue weighted by molar-refractivity contribution is 7.92. The van der Waals surface area contributed by atoms with E-state index in [1.807, 2.05) is 0 Å². The van der Waals surface area contributed by atoms with Gasteiger partial charge in [0.2, 0.25) is 0 Å². The lowest BCUT2D eigenvalue weighted by molar-refractivity contribution is 0.129. The summed E-state index contributed by atoms with van der Waals surface area (Å²) < 4.78 is 22.4. The lowest BCUT2D eigenvalue weighted by Gasteiger charge is -2.36. The molecule has 0 spiro atoms. The molecule has 0 aromatic carbocycles. The molecule has 78 valence electrons. The number of hydrogen-bond acceptors (Lipinski definition) is 4. The van der Waals surface area contributed by atoms with Gasteiger partial charge < -0.3 is 10.8 Å². The molecule has 0 bridgehead atoms. The van der Waals surface area contributed by atoms with Gasteiger partial charge >= 0.3 is 0 Å². The molecule has 1 aliphatic heterocycles. The first-order chi connectivity index (χ1) is 5.94. The van der Waals surface area contributed by atoms with Gasteiger partial charge in [0.15, 0.2) is 9.84 Å². The number of aliphatic hydroxyl groups excluding tert-OH is 1. The molecule has 1 saturated heterocycles. The van der Waals surface area contributed by atoms with Crippen molar-refractivity contribution < 1.29 is 13.5 Å². The number of sulfone groups is 1. The van der Waals surface area contributed by atoms with E-state index in [0.29, 0.717) is 12.8 Å². The fourth-order valence-electron chi connectivity index (χ4n) is 1.78. The minimum absolute atomic E-state index is 0.00965. The first-order valence-electron chi connectivity index (χ1n) is 4.54. The molecule has 0 radical (unpaired) electrons. The average Bonchev–Trinajstić information content (AvgIpc) is 2.08. The Hall–Kier alpha value is -0.130. The van der Waals surface area contributed by atoms with Gasteiger partial charge in [-0.2, -0.15) is 0 Å². The summed E-state index contributed by atoms with van der Waals surface area (Å²) in [4.78, 5) is 0. The van der Waals surface area contributed by atoms with Crippen molar-refractivity contribution in [3.8, 4) is 0 Å². The molecule has 1 rings (SSSR count). The van der Waals surface area contributed by atoms with Crippen molar-refractivity contribution in [1.82, 2.24) is 0 Å². The molecule has 0 aliphatic carbocycles. The second kappa shape index (κ2) is 3.55. The van der Waals surface area contributed by atoms with E-state index in [9.17, 15) is 13.5 Å². The minimum atomic E-state index is -3.16. The van der Waals surface area contributed by atoms with Gasteiger partial charge in [-0.25, -0.2) is 8.42 Å². The maximum atomic E-state index is 11.7. The van der Waals surface area contributed by atoms with Crippen LogP contribution in [0.3, 0.4) is 0 Å². The van der Waals surface area contributed by atoms with Crippen LogP contribution in [0.5, 0.6) is 0 Å². The summed E-state index contributed by atoms with van der Waals surface area (Å²) in [6, 6.07) is 0. The van der Waals surface area contributed by atoms with E-state index in [2.05, 4.69) is 0 Å². The van der Waals surface area contributed by atoms with Crippen LogP contribution in [0.4, 0.5) is 0 Å². The van der Waals surface area contributed by atoms with E-state index in [0.717, 1.165) is 6.42 Å². The Balaban J connectivity index is 2.98. The van der Waals surface area contributed by atoms with Gasteiger partial charge in [-0.15, -0.1) is 0 Å². The number of aliphatic hydroxyl groups is 1.